The van der Waals surface area contributed by atoms with E-state index in [2.05, 4.69) is 10.1 Å². The third-order valence-corrected chi connectivity index (χ3v) is 4.62. The molecule has 1 aromatic carbocycles. The van der Waals surface area contributed by atoms with Crippen LogP contribution in [-0.2, 0) is 0 Å². The second kappa shape index (κ2) is 6.32. The van der Waals surface area contributed by atoms with E-state index in [9.17, 15) is 4.79 Å². The van der Waals surface area contributed by atoms with E-state index in [0.29, 0.717) is 41.8 Å². The molecule has 1 aromatic heterocycles. The van der Waals surface area contributed by atoms with Crippen molar-refractivity contribution in [3.05, 3.63) is 35.4 Å². The van der Waals surface area contributed by atoms with Crippen molar-refractivity contribution in [1.82, 2.24) is 19.7 Å². The number of aromatic nitrogens is 3. The molecule has 8 heteroatoms. The fourth-order valence-corrected chi connectivity index (χ4v) is 3.44. The molecule has 3 heterocycles. The minimum Gasteiger partial charge on any atom is -0.486 e. The number of hydrogen-bond donors (Lipinski definition) is 0. The summed E-state index contributed by atoms with van der Waals surface area (Å²) in [6.45, 7) is 2.25. The van der Waals surface area contributed by atoms with Crippen molar-refractivity contribution in [1.29, 1.82) is 0 Å². The Morgan fingerprint density at radius 2 is 2.17 bits per heavy atom. The summed E-state index contributed by atoms with van der Waals surface area (Å²) >= 11 is 6.24. The number of nitrogens with zero attached hydrogens (tertiary/aromatic N) is 4. The zero-order valence-electron chi connectivity index (χ0n) is 13.0. The molecule has 0 radical (unpaired) electrons. The molecule has 4 rings (SSSR count). The predicted molar refractivity (Wildman–Crippen MR) is 86.6 cm³/mol. The molecule has 0 N–H and O–H groups in total. The molecule has 1 amide bonds. The van der Waals surface area contributed by atoms with Gasteiger partial charge < -0.3 is 14.4 Å². The maximum absolute atomic E-state index is 12.9. The average molecular weight is 349 g/mol. The molecule has 0 aliphatic carbocycles. The maximum atomic E-state index is 12.9. The van der Waals surface area contributed by atoms with Gasteiger partial charge in [-0.1, -0.05) is 11.6 Å². The summed E-state index contributed by atoms with van der Waals surface area (Å²) in [7, 11) is 0. The Labute approximate surface area is 144 Å². The minimum absolute atomic E-state index is 0.0568. The Bertz CT molecular complexity index is 750. The van der Waals surface area contributed by atoms with Crippen molar-refractivity contribution < 1.29 is 14.3 Å². The fourth-order valence-electron chi connectivity index (χ4n) is 3.18. The van der Waals surface area contributed by atoms with Gasteiger partial charge in [0.05, 0.1) is 11.1 Å². The number of ether oxygens (including phenoxy) is 2. The van der Waals surface area contributed by atoms with E-state index < -0.39 is 0 Å². The van der Waals surface area contributed by atoms with Crippen molar-refractivity contribution in [3.63, 3.8) is 0 Å². The van der Waals surface area contributed by atoms with Crippen LogP contribution in [0.25, 0.3) is 0 Å². The van der Waals surface area contributed by atoms with E-state index in [-0.39, 0.29) is 11.9 Å². The number of hydrogen-bond acceptors (Lipinski definition) is 5. The second-order valence-electron chi connectivity index (χ2n) is 5.90. The van der Waals surface area contributed by atoms with Crippen molar-refractivity contribution in [2.45, 2.75) is 18.9 Å². The Morgan fingerprint density at radius 1 is 1.29 bits per heavy atom. The first-order valence-electron chi connectivity index (χ1n) is 7.95. The molecular formula is C16H17ClN4O3. The molecule has 2 aromatic rings. The molecule has 2 aliphatic heterocycles. The number of halogens is 1. The van der Waals surface area contributed by atoms with E-state index in [4.69, 9.17) is 21.1 Å². The first-order valence-corrected chi connectivity index (χ1v) is 8.32. The van der Waals surface area contributed by atoms with Gasteiger partial charge >= 0.3 is 0 Å². The lowest BCUT2D eigenvalue weighted by Crippen LogP contribution is -2.40. The van der Waals surface area contributed by atoms with E-state index in [1.807, 2.05) is 9.58 Å². The molecule has 0 bridgehead atoms. The molecule has 7 nitrogen and oxygen atoms in total. The number of amides is 1. The Morgan fingerprint density at radius 3 is 3.00 bits per heavy atom. The second-order valence-corrected chi connectivity index (χ2v) is 6.31. The summed E-state index contributed by atoms with van der Waals surface area (Å²) in [6, 6.07) is 3.51. The smallest absolute Gasteiger partial charge is 0.254 e. The SMILES string of the molecule is O=C(c1cc(Cl)c2c(c1)OCCO2)N1CCC[C@@H](n2cncn2)C1. The summed E-state index contributed by atoms with van der Waals surface area (Å²) in [5, 5.41) is 4.59. The largest absolute Gasteiger partial charge is 0.486 e. The minimum atomic E-state index is -0.0568. The zero-order chi connectivity index (χ0) is 16.5. The van der Waals surface area contributed by atoms with Crippen molar-refractivity contribution in [2.75, 3.05) is 26.3 Å². The summed E-state index contributed by atoms with van der Waals surface area (Å²) in [5.41, 5.74) is 0.517. The molecule has 1 fully saturated rings. The molecule has 126 valence electrons. The number of fused-ring (bicyclic) bond motifs is 1. The highest BCUT2D eigenvalue weighted by atomic mass is 35.5. The van der Waals surface area contributed by atoms with Gasteiger partial charge in [-0.3, -0.25) is 4.79 Å². The van der Waals surface area contributed by atoms with Crippen LogP contribution in [0.2, 0.25) is 5.02 Å². The molecule has 1 atom stereocenters. The van der Waals surface area contributed by atoms with Crippen LogP contribution in [0.3, 0.4) is 0 Å². The molecule has 1 saturated heterocycles. The predicted octanol–water partition coefficient (Wildman–Crippen LogP) is 2.18. The molecule has 24 heavy (non-hydrogen) atoms. The first kappa shape index (κ1) is 15.3. The van der Waals surface area contributed by atoms with E-state index in [1.165, 1.54) is 6.33 Å². The highest BCUT2D eigenvalue weighted by Crippen LogP contribution is 2.38. The molecule has 0 saturated carbocycles. The monoisotopic (exact) mass is 348 g/mol. The topological polar surface area (TPSA) is 69.5 Å². The van der Waals surface area contributed by atoms with Gasteiger partial charge in [-0.15, -0.1) is 0 Å². The lowest BCUT2D eigenvalue weighted by Gasteiger charge is -2.33. The van der Waals surface area contributed by atoms with Gasteiger partial charge in [0, 0.05) is 18.7 Å². The fraction of sp³-hybridized carbons (Fsp3) is 0.438. The maximum Gasteiger partial charge on any atom is 0.254 e. The van der Waals surface area contributed by atoms with Crippen molar-refractivity contribution >= 4 is 17.5 Å². The third-order valence-electron chi connectivity index (χ3n) is 4.34. The van der Waals surface area contributed by atoms with Gasteiger partial charge in [0.15, 0.2) is 11.5 Å². The third kappa shape index (κ3) is 2.80. The van der Waals surface area contributed by atoms with Gasteiger partial charge in [0.25, 0.3) is 5.91 Å². The Hall–Kier alpha value is -2.28. The van der Waals surface area contributed by atoms with Gasteiger partial charge in [-0.2, -0.15) is 5.10 Å². The van der Waals surface area contributed by atoms with Gasteiger partial charge in [-0.25, -0.2) is 9.67 Å². The number of piperidine rings is 1. The summed E-state index contributed by atoms with van der Waals surface area (Å²) in [4.78, 5) is 18.7. The van der Waals surface area contributed by atoms with Gasteiger partial charge in [0.1, 0.15) is 25.9 Å². The van der Waals surface area contributed by atoms with Crippen molar-refractivity contribution in [3.8, 4) is 11.5 Å². The molecule has 0 unspecified atom stereocenters. The normalized spacial score (nSPS) is 20.0. The molecule has 2 aliphatic rings. The Balaban J connectivity index is 1.56. The van der Waals surface area contributed by atoms with Gasteiger partial charge in [-0.05, 0) is 25.0 Å². The lowest BCUT2D eigenvalue weighted by molar-refractivity contribution is 0.0671. The number of benzene rings is 1. The van der Waals surface area contributed by atoms with E-state index >= 15 is 0 Å². The number of likely N-dealkylation sites (tertiary alicyclic amines) is 1. The van der Waals surface area contributed by atoms with Crippen LogP contribution in [0.4, 0.5) is 0 Å². The highest BCUT2D eigenvalue weighted by molar-refractivity contribution is 6.32. The Kier molecular flexibility index (Phi) is 4.02. The summed E-state index contributed by atoms with van der Waals surface area (Å²) in [6.07, 6.45) is 5.12. The van der Waals surface area contributed by atoms with Gasteiger partial charge in [0.2, 0.25) is 0 Å². The van der Waals surface area contributed by atoms with E-state index in [1.54, 1.807) is 18.5 Å². The number of rotatable bonds is 2. The zero-order valence-corrected chi connectivity index (χ0v) is 13.8. The highest BCUT2D eigenvalue weighted by Gasteiger charge is 2.27. The standard InChI is InChI=1S/C16H17ClN4O3/c17-13-6-11(7-14-15(13)24-5-4-23-14)16(22)20-3-1-2-12(8-20)21-10-18-9-19-21/h6-7,9-10,12H,1-5,8H2/t12-/m1/s1. The lowest BCUT2D eigenvalue weighted by atomic mass is 10.0. The average Bonchev–Trinajstić information content (AvgIpc) is 3.16. The summed E-state index contributed by atoms with van der Waals surface area (Å²) in [5.74, 6) is 0.985. The van der Waals surface area contributed by atoms with Crippen LogP contribution in [-0.4, -0.2) is 51.9 Å². The van der Waals surface area contributed by atoms with Crippen LogP contribution < -0.4 is 9.47 Å². The number of carbonyl (C=O) groups excluding carboxylic acids is 1. The number of carbonyl (C=O) groups is 1. The van der Waals surface area contributed by atoms with Crippen LogP contribution in [0.1, 0.15) is 29.2 Å². The quantitative estimate of drug-likeness (QED) is 0.832. The van der Waals surface area contributed by atoms with Crippen LogP contribution >= 0.6 is 11.6 Å². The van der Waals surface area contributed by atoms with E-state index in [0.717, 1.165) is 19.4 Å². The van der Waals surface area contributed by atoms with Crippen LogP contribution in [0.5, 0.6) is 11.5 Å². The van der Waals surface area contributed by atoms with Crippen molar-refractivity contribution in [2.24, 2.45) is 0 Å². The molecule has 0 spiro atoms. The van der Waals surface area contributed by atoms with Crippen LogP contribution in [0.15, 0.2) is 24.8 Å². The van der Waals surface area contributed by atoms with Crippen LogP contribution in [0, 0.1) is 0 Å². The first-order chi connectivity index (χ1) is 11.7. The molecular weight excluding hydrogens is 332 g/mol. The summed E-state index contributed by atoms with van der Waals surface area (Å²) < 4.78 is 12.9.